The largest absolute Gasteiger partial charge is 0.0651 e. The molecule has 39 heavy (non-hydrogen) atoms. The van der Waals surface area contributed by atoms with E-state index in [4.69, 9.17) is 0 Å². The van der Waals surface area contributed by atoms with Crippen LogP contribution in [0.1, 0.15) is 47.9 Å². The molecular weight excluding hydrogens is 468 g/mol. The maximum absolute atomic E-state index is 2.60. The summed E-state index contributed by atoms with van der Waals surface area (Å²) in [5, 5.41) is 2.71. The lowest BCUT2D eigenvalue weighted by Gasteiger charge is -2.27. The van der Waals surface area contributed by atoms with E-state index < -0.39 is 0 Å². The molecule has 8 rings (SSSR count). The van der Waals surface area contributed by atoms with Gasteiger partial charge in [-0.15, -0.1) is 0 Å². The molecule has 0 nitrogen and oxygen atoms in total. The second-order valence-electron chi connectivity index (χ2n) is 11.6. The molecule has 0 spiro atoms. The molecule has 1 saturated carbocycles. The Balaban J connectivity index is 1.39. The van der Waals surface area contributed by atoms with Gasteiger partial charge < -0.3 is 0 Å². The fraction of sp³-hybridized carbons (Fsp3) is 0.179. The van der Waals surface area contributed by atoms with Gasteiger partial charge in [0.2, 0.25) is 0 Å². The van der Waals surface area contributed by atoms with Crippen molar-refractivity contribution in [3.63, 3.8) is 0 Å². The fourth-order valence-electron chi connectivity index (χ4n) is 7.62. The van der Waals surface area contributed by atoms with E-state index in [2.05, 4.69) is 122 Å². The molecule has 0 N–H and O–H groups in total. The average Bonchev–Trinajstić information content (AvgIpc) is 3.78. The maximum Gasteiger partial charge on any atom is -0.00295 e. The smallest absolute Gasteiger partial charge is 0.00295 e. The molecule has 5 aromatic rings. The number of benzene rings is 5. The Bertz CT molecular complexity index is 1800. The molecule has 0 aromatic heterocycles. The molecule has 0 bridgehead atoms. The molecule has 2 atom stereocenters. The SMILES string of the molecule is CC1=C(C2=Cc3c(c(-c4ccccc4)c4ccccc4c3-c3ccccc3)CC2)C2CC2c2ccccc2C1. The summed E-state index contributed by atoms with van der Waals surface area (Å²) in [6.45, 7) is 2.40. The minimum atomic E-state index is 0.677. The average molecular weight is 501 g/mol. The lowest BCUT2D eigenvalue weighted by atomic mass is 9.76. The van der Waals surface area contributed by atoms with Gasteiger partial charge in [0.25, 0.3) is 0 Å². The van der Waals surface area contributed by atoms with Gasteiger partial charge in [-0.3, -0.25) is 0 Å². The molecule has 0 saturated heterocycles. The zero-order valence-corrected chi connectivity index (χ0v) is 22.5. The summed E-state index contributed by atoms with van der Waals surface area (Å²) in [6.07, 6.45) is 7.18. The van der Waals surface area contributed by atoms with Gasteiger partial charge in [-0.25, -0.2) is 0 Å². The van der Waals surface area contributed by atoms with Gasteiger partial charge in [0.05, 0.1) is 0 Å². The maximum atomic E-state index is 2.60. The van der Waals surface area contributed by atoms with E-state index >= 15 is 0 Å². The monoisotopic (exact) mass is 500 g/mol. The highest BCUT2D eigenvalue weighted by Gasteiger charge is 2.45. The van der Waals surface area contributed by atoms with Crippen molar-refractivity contribution >= 4 is 16.8 Å². The summed E-state index contributed by atoms with van der Waals surface area (Å²) in [4.78, 5) is 0. The lowest BCUT2D eigenvalue weighted by Crippen LogP contribution is -2.08. The van der Waals surface area contributed by atoms with Crippen LogP contribution in [0.5, 0.6) is 0 Å². The van der Waals surface area contributed by atoms with Crippen molar-refractivity contribution in [1.82, 2.24) is 0 Å². The highest BCUT2D eigenvalue weighted by Crippen LogP contribution is 2.58. The predicted molar refractivity (Wildman–Crippen MR) is 165 cm³/mol. The summed E-state index contributed by atoms with van der Waals surface area (Å²) in [5.74, 6) is 1.37. The first-order valence-corrected chi connectivity index (χ1v) is 14.4. The summed E-state index contributed by atoms with van der Waals surface area (Å²) in [6, 6.07) is 40.3. The van der Waals surface area contributed by atoms with E-state index in [1.807, 2.05) is 0 Å². The zero-order valence-electron chi connectivity index (χ0n) is 22.5. The quantitative estimate of drug-likeness (QED) is 0.231. The van der Waals surface area contributed by atoms with Crippen molar-refractivity contribution in [3.05, 3.63) is 148 Å². The molecule has 2 unspecified atom stereocenters. The van der Waals surface area contributed by atoms with Crippen LogP contribution in [0.25, 0.3) is 39.1 Å². The van der Waals surface area contributed by atoms with Crippen LogP contribution in [0.4, 0.5) is 0 Å². The second kappa shape index (κ2) is 8.95. The van der Waals surface area contributed by atoms with E-state index in [1.54, 1.807) is 22.3 Å². The number of hydrogen-bond donors (Lipinski definition) is 0. The van der Waals surface area contributed by atoms with Crippen molar-refractivity contribution in [2.75, 3.05) is 0 Å². The van der Waals surface area contributed by atoms with Crippen LogP contribution < -0.4 is 0 Å². The normalized spacial score (nSPS) is 19.6. The molecule has 0 heteroatoms. The lowest BCUT2D eigenvalue weighted by molar-refractivity contribution is 0.865. The van der Waals surface area contributed by atoms with E-state index in [0.29, 0.717) is 11.8 Å². The van der Waals surface area contributed by atoms with Crippen LogP contribution >= 0.6 is 0 Å². The Morgan fingerprint density at radius 1 is 0.590 bits per heavy atom. The van der Waals surface area contributed by atoms with E-state index in [0.717, 1.165) is 19.3 Å². The summed E-state index contributed by atoms with van der Waals surface area (Å²) in [5.41, 5.74) is 16.3. The summed E-state index contributed by atoms with van der Waals surface area (Å²) >= 11 is 0. The molecule has 188 valence electrons. The summed E-state index contributed by atoms with van der Waals surface area (Å²) in [7, 11) is 0. The Morgan fingerprint density at radius 2 is 1.21 bits per heavy atom. The number of allylic oxidation sites excluding steroid dienone is 3. The molecule has 1 fully saturated rings. The van der Waals surface area contributed by atoms with Crippen LogP contribution in [0.2, 0.25) is 0 Å². The summed E-state index contributed by atoms with van der Waals surface area (Å²) < 4.78 is 0. The van der Waals surface area contributed by atoms with Crippen LogP contribution in [-0.2, 0) is 12.8 Å². The van der Waals surface area contributed by atoms with Crippen LogP contribution in [0.15, 0.2) is 126 Å². The third kappa shape index (κ3) is 3.66. The fourth-order valence-corrected chi connectivity index (χ4v) is 7.62. The number of rotatable bonds is 3. The van der Waals surface area contributed by atoms with E-state index in [1.165, 1.54) is 56.1 Å². The Kier molecular flexibility index (Phi) is 5.23. The first kappa shape index (κ1) is 22.8. The van der Waals surface area contributed by atoms with Gasteiger partial charge in [-0.05, 0) is 111 Å². The standard InChI is InChI=1S/C39H32/c1-25-22-28-16-8-9-17-30(28)34-24-36(34)37(25)29-20-21-33-35(23-29)39(27-14-6-3-7-15-27)32-19-11-10-18-31(32)38(33)26-12-4-2-5-13-26/h2-19,23,34,36H,20-22,24H2,1H3. The number of hydrogen-bond acceptors (Lipinski definition) is 0. The highest BCUT2D eigenvalue weighted by atomic mass is 14.5. The first-order valence-electron chi connectivity index (χ1n) is 14.4. The van der Waals surface area contributed by atoms with Crippen molar-refractivity contribution in [2.24, 2.45) is 5.92 Å². The van der Waals surface area contributed by atoms with Gasteiger partial charge >= 0.3 is 0 Å². The van der Waals surface area contributed by atoms with Crippen LogP contribution in [0, 0.1) is 5.92 Å². The topological polar surface area (TPSA) is 0 Å². The van der Waals surface area contributed by atoms with Gasteiger partial charge in [0.1, 0.15) is 0 Å². The molecule has 3 aliphatic rings. The molecule has 0 aliphatic heterocycles. The van der Waals surface area contributed by atoms with Crippen molar-refractivity contribution in [1.29, 1.82) is 0 Å². The third-order valence-corrected chi connectivity index (χ3v) is 9.33. The molecule has 5 aromatic carbocycles. The van der Waals surface area contributed by atoms with Gasteiger partial charge in [-0.1, -0.05) is 121 Å². The predicted octanol–water partition coefficient (Wildman–Crippen LogP) is 10.2. The van der Waals surface area contributed by atoms with Gasteiger partial charge in [-0.2, -0.15) is 0 Å². The minimum Gasteiger partial charge on any atom is -0.0651 e. The Morgan fingerprint density at radius 3 is 1.95 bits per heavy atom. The second-order valence-corrected chi connectivity index (χ2v) is 11.6. The van der Waals surface area contributed by atoms with Crippen molar-refractivity contribution < 1.29 is 0 Å². The molecule has 0 radical (unpaired) electrons. The van der Waals surface area contributed by atoms with Gasteiger partial charge in [0, 0.05) is 0 Å². The van der Waals surface area contributed by atoms with Crippen LogP contribution in [0.3, 0.4) is 0 Å². The van der Waals surface area contributed by atoms with Crippen LogP contribution in [-0.4, -0.2) is 0 Å². The van der Waals surface area contributed by atoms with E-state index in [9.17, 15) is 0 Å². The van der Waals surface area contributed by atoms with E-state index in [-0.39, 0.29) is 0 Å². The zero-order chi connectivity index (χ0) is 25.9. The first-order chi connectivity index (χ1) is 19.3. The van der Waals surface area contributed by atoms with Crippen molar-refractivity contribution in [2.45, 2.75) is 38.5 Å². The third-order valence-electron chi connectivity index (χ3n) is 9.33. The molecular formula is C39H32. The highest BCUT2D eigenvalue weighted by molar-refractivity contribution is 6.10. The molecule has 0 amide bonds. The van der Waals surface area contributed by atoms with Crippen molar-refractivity contribution in [3.8, 4) is 22.3 Å². The van der Waals surface area contributed by atoms with Gasteiger partial charge in [0.15, 0.2) is 0 Å². The Hall–Kier alpha value is -4.16. The molecule has 0 heterocycles. The molecule has 3 aliphatic carbocycles. The number of fused-ring (bicyclic) bond motifs is 5. The Labute approximate surface area is 231 Å². The minimum absolute atomic E-state index is 0.677.